The van der Waals surface area contributed by atoms with E-state index in [1.54, 1.807) is 6.92 Å². The highest BCUT2D eigenvalue weighted by atomic mass is 16.6. The number of nitrogens with zero attached hydrogens (tertiary/aromatic N) is 3. The van der Waals surface area contributed by atoms with Crippen molar-refractivity contribution in [3.05, 3.63) is 15.8 Å². The lowest BCUT2D eigenvalue weighted by molar-refractivity contribution is -0.385. The minimum atomic E-state index is -0.423. The zero-order valence-corrected chi connectivity index (χ0v) is 13.3. The summed E-state index contributed by atoms with van der Waals surface area (Å²) < 4.78 is 0. The fourth-order valence-electron chi connectivity index (χ4n) is 2.02. The second-order valence-electron chi connectivity index (χ2n) is 5.20. The van der Waals surface area contributed by atoms with Gasteiger partial charge in [-0.15, -0.1) is 0 Å². The van der Waals surface area contributed by atoms with Crippen LogP contribution in [0.1, 0.15) is 52.1 Å². The molecule has 2 N–H and O–H groups in total. The standard InChI is InChI=1S/C14H25N5O2/c1-5-7-8-10(3)16-13-12(19(20)21)11(4)17-14(18-13)15-9-6-2/h10H,5-9H2,1-4H3,(H2,15,16,17,18). The molecule has 0 saturated carbocycles. The summed E-state index contributed by atoms with van der Waals surface area (Å²) in [5, 5.41) is 17.5. The molecule has 1 heterocycles. The van der Waals surface area contributed by atoms with Crippen LogP contribution in [0.25, 0.3) is 0 Å². The summed E-state index contributed by atoms with van der Waals surface area (Å²) >= 11 is 0. The summed E-state index contributed by atoms with van der Waals surface area (Å²) in [7, 11) is 0. The van der Waals surface area contributed by atoms with E-state index in [2.05, 4.69) is 27.5 Å². The Labute approximate surface area is 125 Å². The smallest absolute Gasteiger partial charge is 0.332 e. The lowest BCUT2D eigenvalue weighted by Crippen LogP contribution is -2.19. The van der Waals surface area contributed by atoms with Crippen molar-refractivity contribution >= 4 is 17.5 Å². The Balaban J connectivity index is 3.00. The van der Waals surface area contributed by atoms with Gasteiger partial charge in [-0.05, 0) is 26.7 Å². The third-order valence-electron chi connectivity index (χ3n) is 3.15. The third-order valence-corrected chi connectivity index (χ3v) is 3.15. The molecule has 0 aliphatic rings. The van der Waals surface area contributed by atoms with Crippen LogP contribution in [-0.2, 0) is 0 Å². The lowest BCUT2D eigenvalue weighted by atomic mass is 10.1. The van der Waals surface area contributed by atoms with Crippen molar-refractivity contribution < 1.29 is 4.92 Å². The Hall–Kier alpha value is -1.92. The molecule has 0 bridgehead atoms. The highest BCUT2D eigenvalue weighted by Crippen LogP contribution is 2.27. The molecule has 21 heavy (non-hydrogen) atoms. The second kappa shape index (κ2) is 8.39. The molecule has 7 nitrogen and oxygen atoms in total. The lowest BCUT2D eigenvalue weighted by Gasteiger charge is -2.15. The number of nitrogens with one attached hydrogen (secondary N) is 2. The van der Waals surface area contributed by atoms with E-state index < -0.39 is 4.92 Å². The van der Waals surface area contributed by atoms with Gasteiger partial charge in [0, 0.05) is 12.6 Å². The SMILES string of the molecule is CCCCC(C)Nc1nc(NCCC)nc(C)c1[N+](=O)[O-]. The second-order valence-corrected chi connectivity index (χ2v) is 5.20. The summed E-state index contributed by atoms with van der Waals surface area (Å²) in [5.41, 5.74) is 0.333. The summed E-state index contributed by atoms with van der Waals surface area (Å²) in [6.45, 7) is 8.55. The maximum Gasteiger partial charge on any atom is 0.332 e. The van der Waals surface area contributed by atoms with Crippen molar-refractivity contribution in [2.75, 3.05) is 17.2 Å². The first kappa shape index (κ1) is 17.1. The van der Waals surface area contributed by atoms with E-state index in [1.807, 2.05) is 13.8 Å². The van der Waals surface area contributed by atoms with Crippen LogP contribution in [0.4, 0.5) is 17.5 Å². The summed E-state index contributed by atoms with van der Waals surface area (Å²) in [4.78, 5) is 19.2. The van der Waals surface area contributed by atoms with E-state index in [1.165, 1.54) is 0 Å². The van der Waals surface area contributed by atoms with Crippen LogP contribution < -0.4 is 10.6 Å². The zero-order valence-electron chi connectivity index (χ0n) is 13.3. The van der Waals surface area contributed by atoms with Crippen LogP contribution in [0.15, 0.2) is 0 Å². The minimum absolute atomic E-state index is 0.0413. The quantitative estimate of drug-likeness (QED) is 0.535. The Morgan fingerprint density at radius 1 is 1.29 bits per heavy atom. The van der Waals surface area contributed by atoms with Crippen LogP contribution in [-0.4, -0.2) is 27.5 Å². The van der Waals surface area contributed by atoms with Gasteiger partial charge in [0.2, 0.25) is 11.8 Å². The van der Waals surface area contributed by atoms with Gasteiger partial charge in [-0.3, -0.25) is 10.1 Å². The molecule has 0 aliphatic carbocycles. The number of aromatic nitrogens is 2. The average molecular weight is 295 g/mol. The van der Waals surface area contributed by atoms with Gasteiger partial charge in [-0.25, -0.2) is 4.98 Å². The van der Waals surface area contributed by atoms with E-state index in [4.69, 9.17) is 0 Å². The normalized spacial score (nSPS) is 12.0. The first-order valence-electron chi connectivity index (χ1n) is 7.53. The van der Waals surface area contributed by atoms with Crippen LogP contribution in [0.5, 0.6) is 0 Å². The van der Waals surface area contributed by atoms with E-state index >= 15 is 0 Å². The fourth-order valence-corrected chi connectivity index (χ4v) is 2.02. The zero-order chi connectivity index (χ0) is 15.8. The molecule has 118 valence electrons. The molecule has 0 spiro atoms. The van der Waals surface area contributed by atoms with Gasteiger partial charge in [0.1, 0.15) is 5.69 Å². The number of aryl methyl sites for hydroxylation is 1. The molecule has 1 rings (SSSR count). The van der Waals surface area contributed by atoms with Crippen LogP contribution in [0.2, 0.25) is 0 Å². The van der Waals surface area contributed by atoms with Gasteiger partial charge in [-0.2, -0.15) is 4.98 Å². The van der Waals surface area contributed by atoms with Crippen molar-refractivity contribution in [2.45, 2.75) is 59.4 Å². The topological polar surface area (TPSA) is 93.0 Å². The van der Waals surface area contributed by atoms with E-state index in [0.29, 0.717) is 17.5 Å². The minimum Gasteiger partial charge on any atom is -0.362 e. The Morgan fingerprint density at radius 2 is 2.00 bits per heavy atom. The molecule has 0 radical (unpaired) electrons. The van der Waals surface area contributed by atoms with E-state index in [-0.39, 0.29) is 11.7 Å². The number of nitro groups is 1. The average Bonchev–Trinajstić information content (AvgIpc) is 2.42. The molecule has 7 heteroatoms. The van der Waals surface area contributed by atoms with Gasteiger partial charge in [0.25, 0.3) is 0 Å². The molecule has 0 saturated heterocycles. The molecule has 0 aromatic carbocycles. The Bertz CT molecular complexity index is 479. The number of rotatable bonds is 9. The third kappa shape index (κ3) is 5.17. The fraction of sp³-hybridized carbons (Fsp3) is 0.714. The molecule has 1 aromatic heterocycles. The van der Waals surface area contributed by atoms with Crippen molar-refractivity contribution in [3.8, 4) is 0 Å². The van der Waals surface area contributed by atoms with Gasteiger partial charge < -0.3 is 10.6 Å². The van der Waals surface area contributed by atoms with E-state index in [9.17, 15) is 10.1 Å². The first-order valence-corrected chi connectivity index (χ1v) is 7.53. The monoisotopic (exact) mass is 295 g/mol. The molecule has 0 fully saturated rings. The van der Waals surface area contributed by atoms with Gasteiger partial charge in [0.05, 0.1) is 4.92 Å². The van der Waals surface area contributed by atoms with Crippen molar-refractivity contribution in [1.82, 2.24) is 9.97 Å². The molecular formula is C14H25N5O2. The predicted molar refractivity (Wildman–Crippen MR) is 84.8 cm³/mol. The summed E-state index contributed by atoms with van der Waals surface area (Å²) in [6.07, 6.45) is 4.07. The van der Waals surface area contributed by atoms with Crippen LogP contribution in [0.3, 0.4) is 0 Å². The van der Waals surface area contributed by atoms with Gasteiger partial charge in [-0.1, -0.05) is 26.7 Å². The predicted octanol–water partition coefficient (Wildman–Crippen LogP) is 3.51. The van der Waals surface area contributed by atoms with E-state index in [0.717, 1.165) is 32.2 Å². The maximum atomic E-state index is 11.2. The number of anilines is 2. The molecule has 1 atom stereocenters. The first-order chi connectivity index (χ1) is 9.99. The maximum absolute atomic E-state index is 11.2. The molecule has 0 aliphatic heterocycles. The van der Waals surface area contributed by atoms with Crippen LogP contribution >= 0.6 is 0 Å². The van der Waals surface area contributed by atoms with Crippen molar-refractivity contribution in [1.29, 1.82) is 0 Å². The number of unbranched alkanes of at least 4 members (excludes halogenated alkanes) is 1. The van der Waals surface area contributed by atoms with Crippen molar-refractivity contribution in [2.24, 2.45) is 0 Å². The molecule has 1 unspecified atom stereocenters. The van der Waals surface area contributed by atoms with Gasteiger partial charge in [0.15, 0.2) is 0 Å². The summed E-state index contributed by atoms with van der Waals surface area (Å²) in [6, 6.07) is 0.136. The highest BCUT2D eigenvalue weighted by molar-refractivity contribution is 5.61. The number of hydrogen-bond acceptors (Lipinski definition) is 6. The Kier molecular flexibility index (Phi) is 6.84. The Morgan fingerprint density at radius 3 is 2.57 bits per heavy atom. The van der Waals surface area contributed by atoms with Crippen LogP contribution in [0, 0.1) is 17.0 Å². The van der Waals surface area contributed by atoms with Crippen molar-refractivity contribution in [3.63, 3.8) is 0 Å². The highest BCUT2D eigenvalue weighted by Gasteiger charge is 2.23. The molecular weight excluding hydrogens is 270 g/mol. The molecule has 1 aromatic rings. The number of hydrogen-bond donors (Lipinski definition) is 2. The molecule has 0 amide bonds. The summed E-state index contributed by atoms with van der Waals surface area (Å²) in [5.74, 6) is 0.736. The largest absolute Gasteiger partial charge is 0.362 e. The van der Waals surface area contributed by atoms with Gasteiger partial charge >= 0.3 is 5.69 Å².